The van der Waals surface area contributed by atoms with Gasteiger partial charge in [0.25, 0.3) is 0 Å². The average Bonchev–Trinajstić information content (AvgIpc) is 3.41. The Morgan fingerprint density at radius 3 is 2.63 bits per heavy atom. The number of halogens is 1. The predicted octanol–water partition coefficient (Wildman–Crippen LogP) is 4.03. The van der Waals surface area contributed by atoms with Crippen LogP contribution in [0.3, 0.4) is 0 Å². The van der Waals surface area contributed by atoms with Gasteiger partial charge in [0.2, 0.25) is 5.91 Å². The van der Waals surface area contributed by atoms with Crippen molar-refractivity contribution in [2.45, 2.75) is 36.7 Å². The highest BCUT2D eigenvalue weighted by molar-refractivity contribution is 8.00. The minimum atomic E-state index is -0.381. The summed E-state index contributed by atoms with van der Waals surface area (Å²) in [6, 6.07) is 13.4. The summed E-state index contributed by atoms with van der Waals surface area (Å²) in [7, 11) is 0. The molecule has 1 saturated heterocycles. The quantitative estimate of drug-likeness (QED) is 0.557. The molecule has 1 fully saturated rings. The van der Waals surface area contributed by atoms with E-state index in [4.69, 9.17) is 11.6 Å². The van der Waals surface area contributed by atoms with Crippen LogP contribution in [0.5, 0.6) is 0 Å². The number of carbonyl (C=O) groups is 1. The third-order valence-electron chi connectivity index (χ3n) is 4.91. The molecule has 9 heteroatoms. The number of nitrogens with one attached hydrogen (secondary N) is 1. The van der Waals surface area contributed by atoms with E-state index in [1.165, 1.54) is 30.8 Å². The Kier molecular flexibility index (Phi) is 6.66. The minimum Gasteiger partial charge on any atom is -0.310 e. The lowest BCUT2D eigenvalue weighted by molar-refractivity contribution is -0.115. The molecule has 1 unspecified atom stereocenters. The molecular formula is C21H23ClN6OS. The van der Waals surface area contributed by atoms with Crippen LogP contribution >= 0.6 is 23.4 Å². The number of aromatic nitrogens is 4. The van der Waals surface area contributed by atoms with Crippen LogP contribution in [0.1, 0.15) is 25.6 Å². The Bertz CT molecular complexity index is 988. The second kappa shape index (κ2) is 9.59. The van der Waals surface area contributed by atoms with Crippen LogP contribution in [0.15, 0.2) is 53.8 Å². The van der Waals surface area contributed by atoms with Crippen molar-refractivity contribution < 1.29 is 4.79 Å². The van der Waals surface area contributed by atoms with E-state index in [2.05, 4.69) is 25.4 Å². The van der Waals surface area contributed by atoms with Gasteiger partial charge >= 0.3 is 0 Å². The van der Waals surface area contributed by atoms with Gasteiger partial charge in [-0.1, -0.05) is 41.6 Å². The summed E-state index contributed by atoms with van der Waals surface area (Å²) in [5, 5.41) is 12.5. The number of likely N-dealkylation sites (tertiary alicyclic amines) is 1. The fraction of sp³-hybridized carbons (Fsp3) is 0.333. The molecule has 0 spiro atoms. The van der Waals surface area contributed by atoms with E-state index in [9.17, 15) is 4.79 Å². The first-order valence-corrected chi connectivity index (χ1v) is 11.2. The number of carbonyl (C=O) groups excluding carboxylic acids is 1. The molecule has 0 bridgehead atoms. The van der Waals surface area contributed by atoms with Crippen LogP contribution in [0.4, 0.5) is 5.82 Å². The molecule has 7 nitrogen and oxygen atoms in total. The maximum absolute atomic E-state index is 12.7. The highest BCUT2D eigenvalue weighted by atomic mass is 35.5. The summed E-state index contributed by atoms with van der Waals surface area (Å²) in [5.41, 5.74) is 0.992. The Morgan fingerprint density at radius 2 is 1.93 bits per heavy atom. The second-order valence-corrected chi connectivity index (χ2v) is 8.91. The predicted molar refractivity (Wildman–Crippen MR) is 119 cm³/mol. The van der Waals surface area contributed by atoms with Gasteiger partial charge in [0.05, 0.1) is 16.8 Å². The topological polar surface area (TPSA) is 75.9 Å². The van der Waals surface area contributed by atoms with E-state index >= 15 is 0 Å². The third-order valence-corrected chi connectivity index (χ3v) is 6.17. The number of thioether (sulfide) groups is 1. The molecule has 30 heavy (non-hydrogen) atoms. The third kappa shape index (κ3) is 5.00. The summed E-state index contributed by atoms with van der Waals surface area (Å²) >= 11 is 7.24. The summed E-state index contributed by atoms with van der Waals surface area (Å²) in [5.74, 6) is 1.20. The molecule has 1 amide bonds. The number of nitrogens with zero attached hydrogens (tertiary/aromatic N) is 5. The lowest BCUT2D eigenvalue weighted by Gasteiger charge is -2.17. The van der Waals surface area contributed by atoms with Gasteiger partial charge in [-0.3, -0.25) is 14.3 Å². The highest BCUT2D eigenvalue weighted by Gasteiger charge is 2.23. The first-order chi connectivity index (χ1) is 14.6. The SMILES string of the molecule is CC(Sc1nnc(CN2CCCC2)n1-c1ccccc1)C(=O)Nc1ccc(Cl)cn1. The van der Waals surface area contributed by atoms with Crippen LogP contribution in [-0.2, 0) is 11.3 Å². The monoisotopic (exact) mass is 442 g/mol. The fourth-order valence-corrected chi connectivity index (χ4v) is 4.34. The molecule has 1 N–H and O–H groups in total. The van der Waals surface area contributed by atoms with Crippen LogP contribution in [-0.4, -0.2) is 48.9 Å². The molecule has 1 aliphatic rings. The number of anilines is 1. The lowest BCUT2D eigenvalue weighted by atomic mass is 10.3. The standard InChI is InChI=1S/C21H23ClN6OS/c1-15(20(29)24-18-10-9-16(22)13-23-18)30-21-26-25-19(14-27-11-5-6-12-27)28(21)17-7-3-2-4-8-17/h2-4,7-10,13,15H,5-6,11-12,14H2,1H3,(H,23,24,29). The summed E-state index contributed by atoms with van der Waals surface area (Å²) in [6.45, 7) is 4.76. The number of hydrogen-bond donors (Lipinski definition) is 1. The van der Waals surface area contributed by atoms with E-state index in [0.717, 1.165) is 31.1 Å². The number of amides is 1. The van der Waals surface area contributed by atoms with Gasteiger partial charge in [0.15, 0.2) is 11.0 Å². The first kappa shape index (κ1) is 20.8. The van der Waals surface area contributed by atoms with Crippen molar-refractivity contribution in [2.75, 3.05) is 18.4 Å². The van der Waals surface area contributed by atoms with Gasteiger partial charge in [-0.25, -0.2) is 4.98 Å². The van der Waals surface area contributed by atoms with Crippen molar-refractivity contribution in [3.8, 4) is 5.69 Å². The normalized spacial score (nSPS) is 15.3. The summed E-state index contributed by atoms with van der Waals surface area (Å²) in [4.78, 5) is 19.2. The Labute approximate surface area is 184 Å². The zero-order valence-electron chi connectivity index (χ0n) is 16.7. The Morgan fingerprint density at radius 1 is 1.17 bits per heavy atom. The smallest absolute Gasteiger partial charge is 0.238 e. The Balaban J connectivity index is 1.53. The van der Waals surface area contributed by atoms with Crippen LogP contribution < -0.4 is 5.32 Å². The van der Waals surface area contributed by atoms with E-state index in [-0.39, 0.29) is 11.2 Å². The highest BCUT2D eigenvalue weighted by Crippen LogP contribution is 2.27. The van der Waals surface area contributed by atoms with E-state index < -0.39 is 0 Å². The first-order valence-electron chi connectivity index (χ1n) is 9.91. The van der Waals surface area contributed by atoms with E-state index in [1.807, 2.05) is 41.8 Å². The maximum atomic E-state index is 12.7. The van der Waals surface area contributed by atoms with Gasteiger partial charge < -0.3 is 5.32 Å². The molecule has 1 atom stereocenters. The zero-order valence-corrected chi connectivity index (χ0v) is 18.2. The van der Waals surface area contributed by atoms with Crippen molar-refractivity contribution in [2.24, 2.45) is 0 Å². The van der Waals surface area contributed by atoms with E-state index in [1.54, 1.807) is 12.1 Å². The molecule has 1 aromatic carbocycles. The van der Waals surface area contributed by atoms with Gasteiger partial charge in [0, 0.05) is 11.9 Å². The van der Waals surface area contributed by atoms with Crippen molar-refractivity contribution in [1.82, 2.24) is 24.6 Å². The van der Waals surface area contributed by atoms with Crippen molar-refractivity contribution in [3.63, 3.8) is 0 Å². The molecule has 0 saturated carbocycles. The zero-order chi connectivity index (χ0) is 20.9. The lowest BCUT2D eigenvalue weighted by Crippen LogP contribution is -2.24. The number of benzene rings is 1. The Hall–Kier alpha value is -2.42. The summed E-state index contributed by atoms with van der Waals surface area (Å²) in [6.07, 6.45) is 3.94. The average molecular weight is 443 g/mol. The molecule has 0 radical (unpaired) electrons. The largest absolute Gasteiger partial charge is 0.310 e. The van der Waals surface area contributed by atoms with Gasteiger partial charge in [-0.2, -0.15) is 0 Å². The second-order valence-electron chi connectivity index (χ2n) is 7.16. The maximum Gasteiger partial charge on any atom is 0.238 e. The molecule has 3 heterocycles. The van der Waals surface area contributed by atoms with Crippen LogP contribution in [0.2, 0.25) is 5.02 Å². The molecule has 3 aromatic rings. The molecule has 2 aromatic heterocycles. The van der Waals surface area contributed by atoms with Crippen LogP contribution in [0.25, 0.3) is 5.69 Å². The van der Waals surface area contributed by atoms with Crippen molar-refractivity contribution in [1.29, 1.82) is 0 Å². The number of hydrogen-bond acceptors (Lipinski definition) is 6. The number of pyridine rings is 1. The van der Waals surface area contributed by atoms with Gasteiger partial charge in [-0.05, 0) is 57.1 Å². The summed E-state index contributed by atoms with van der Waals surface area (Å²) < 4.78 is 2.05. The molecular weight excluding hydrogens is 420 g/mol. The van der Waals surface area contributed by atoms with Gasteiger partial charge in [0.1, 0.15) is 5.82 Å². The van der Waals surface area contributed by atoms with Crippen molar-refractivity contribution >= 4 is 35.1 Å². The number of rotatable bonds is 7. The van der Waals surface area contributed by atoms with Gasteiger partial charge in [-0.15, -0.1) is 10.2 Å². The fourth-order valence-electron chi connectivity index (χ4n) is 3.35. The number of para-hydroxylation sites is 1. The molecule has 156 valence electrons. The van der Waals surface area contributed by atoms with Crippen LogP contribution in [0, 0.1) is 0 Å². The van der Waals surface area contributed by atoms with E-state index in [0.29, 0.717) is 16.0 Å². The molecule has 0 aliphatic carbocycles. The molecule has 4 rings (SSSR count). The van der Waals surface area contributed by atoms with Crippen molar-refractivity contribution in [3.05, 3.63) is 59.5 Å². The minimum absolute atomic E-state index is 0.154. The molecule has 1 aliphatic heterocycles.